The van der Waals surface area contributed by atoms with Crippen molar-refractivity contribution >= 4 is 0 Å². The third kappa shape index (κ3) is 1.60. The summed E-state index contributed by atoms with van der Waals surface area (Å²) in [5, 5.41) is 10.3. The lowest BCUT2D eigenvalue weighted by Gasteiger charge is -2.38. The maximum atomic E-state index is 5.23. The maximum Gasteiger partial charge on any atom is 0.176 e. The van der Waals surface area contributed by atoms with Crippen molar-refractivity contribution in [2.45, 2.75) is 26.3 Å². The number of hydrogen-bond acceptors (Lipinski definition) is 6. The van der Waals surface area contributed by atoms with Crippen molar-refractivity contribution in [2.24, 2.45) is 10.2 Å². The lowest BCUT2D eigenvalue weighted by Crippen LogP contribution is -2.39. The first-order valence-electron chi connectivity index (χ1n) is 6.10. The van der Waals surface area contributed by atoms with Gasteiger partial charge in [0.05, 0.1) is 13.3 Å². The summed E-state index contributed by atoms with van der Waals surface area (Å²) in [7, 11) is 1.66. The van der Waals surface area contributed by atoms with Crippen LogP contribution in [0.15, 0.2) is 46.0 Å². The van der Waals surface area contributed by atoms with Gasteiger partial charge >= 0.3 is 0 Å². The van der Waals surface area contributed by atoms with Crippen LogP contribution >= 0.6 is 0 Å². The lowest BCUT2D eigenvalue weighted by molar-refractivity contribution is -0.0972. The van der Waals surface area contributed by atoms with Gasteiger partial charge in [0.1, 0.15) is 18.2 Å². The van der Waals surface area contributed by atoms with E-state index in [1.807, 2.05) is 6.20 Å². The molecule has 0 saturated heterocycles. The topological polar surface area (TPSA) is 43.7 Å². The molecule has 0 aromatic rings. The second-order valence-electron chi connectivity index (χ2n) is 4.72. The van der Waals surface area contributed by atoms with E-state index in [4.69, 9.17) is 4.84 Å². The SMILES string of the molecule is CON1C=C2N=NC3=C(N2C1)N(C(C)C)C=CC3. The van der Waals surface area contributed by atoms with Crippen molar-refractivity contribution in [3.05, 3.63) is 35.8 Å². The molecule has 0 aromatic carbocycles. The van der Waals surface area contributed by atoms with Crippen LogP contribution in [0.3, 0.4) is 0 Å². The Kier molecular flexibility index (Phi) is 2.59. The largest absolute Gasteiger partial charge is 0.331 e. The number of hydroxylamine groups is 2. The minimum absolute atomic E-state index is 0.387. The Morgan fingerprint density at radius 1 is 1.33 bits per heavy atom. The molecule has 3 aliphatic rings. The molecule has 6 nitrogen and oxygen atoms in total. The molecule has 0 unspecified atom stereocenters. The van der Waals surface area contributed by atoms with Gasteiger partial charge in [0.2, 0.25) is 0 Å². The fraction of sp³-hybridized carbons (Fsp3) is 0.500. The third-order valence-corrected chi connectivity index (χ3v) is 3.22. The zero-order valence-electron chi connectivity index (χ0n) is 10.9. The summed E-state index contributed by atoms with van der Waals surface area (Å²) < 4.78 is 0. The second kappa shape index (κ2) is 4.13. The highest BCUT2D eigenvalue weighted by Crippen LogP contribution is 2.35. The molecule has 0 N–H and O–H groups in total. The van der Waals surface area contributed by atoms with E-state index in [-0.39, 0.29) is 0 Å². The van der Waals surface area contributed by atoms with Gasteiger partial charge in [-0.15, -0.1) is 10.2 Å². The molecule has 18 heavy (non-hydrogen) atoms. The number of fused-ring (bicyclic) bond motifs is 2. The van der Waals surface area contributed by atoms with Gasteiger partial charge in [-0.3, -0.25) is 9.74 Å². The third-order valence-electron chi connectivity index (χ3n) is 3.22. The Morgan fingerprint density at radius 2 is 2.17 bits per heavy atom. The summed E-state index contributed by atoms with van der Waals surface area (Å²) in [6, 6.07) is 0.387. The van der Waals surface area contributed by atoms with E-state index < -0.39 is 0 Å². The van der Waals surface area contributed by atoms with Crippen molar-refractivity contribution in [1.29, 1.82) is 0 Å². The summed E-state index contributed by atoms with van der Waals surface area (Å²) in [6.45, 7) is 4.99. The summed E-state index contributed by atoms with van der Waals surface area (Å²) in [6.07, 6.45) is 6.94. The van der Waals surface area contributed by atoms with Gasteiger partial charge in [-0.2, -0.15) is 0 Å². The van der Waals surface area contributed by atoms with Crippen LogP contribution in [0.4, 0.5) is 0 Å². The van der Waals surface area contributed by atoms with Crippen LogP contribution in [0.2, 0.25) is 0 Å². The molecule has 0 aromatic heterocycles. The molecule has 0 atom stereocenters. The highest BCUT2D eigenvalue weighted by atomic mass is 16.7. The molecular formula is C12H17N5O. The first-order valence-corrected chi connectivity index (χ1v) is 6.10. The molecule has 96 valence electrons. The Labute approximate surface area is 106 Å². The second-order valence-corrected chi connectivity index (χ2v) is 4.72. The molecule has 6 heteroatoms. The Morgan fingerprint density at radius 3 is 2.89 bits per heavy atom. The van der Waals surface area contributed by atoms with Gasteiger partial charge in [-0.25, -0.2) is 5.06 Å². The van der Waals surface area contributed by atoms with E-state index in [0.717, 1.165) is 23.8 Å². The van der Waals surface area contributed by atoms with Gasteiger partial charge in [0.25, 0.3) is 0 Å². The molecule has 0 aliphatic carbocycles. The van der Waals surface area contributed by atoms with Gasteiger partial charge in [0, 0.05) is 18.7 Å². The predicted octanol–water partition coefficient (Wildman–Crippen LogP) is 2.18. The summed E-state index contributed by atoms with van der Waals surface area (Å²) >= 11 is 0. The van der Waals surface area contributed by atoms with Gasteiger partial charge in [-0.1, -0.05) is 6.08 Å². The number of hydrogen-bond donors (Lipinski definition) is 0. The number of allylic oxidation sites excluding steroid dienone is 1. The number of nitrogens with zero attached hydrogens (tertiary/aromatic N) is 5. The van der Waals surface area contributed by atoms with E-state index in [1.165, 1.54) is 0 Å². The first-order chi connectivity index (χ1) is 8.70. The summed E-state index contributed by atoms with van der Waals surface area (Å²) in [5.74, 6) is 1.95. The predicted molar refractivity (Wildman–Crippen MR) is 66.3 cm³/mol. The lowest BCUT2D eigenvalue weighted by atomic mass is 10.2. The van der Waals surface area contributed by atoms with Crippen LogP contribution in [0.1, 0.15) is 20.3 Å². The van der Waals surface area contributed by atoms with E-state index >= 15 is 0 Å². The Balaban J connectivity index is 1.97. The van der Waals surface area contributed by atoms with E-state index in [0.29, 0.717) is 12.7 Å². The molecule has 3 heterocycles. The van der Waals surface area contributed by atoms with Crippen LogP contribution < -0.4 is 0 Å². The van der Waals surface area contributed by atoms with E-state index in [2.05, 4.69) is 46.2 Å². The molecule has 0 spiro atoms. The molecule has 0 amide bonds. The quantitative estimate of drug-likeness (QED) is 0.750. The average molecular weight is 247 g/mol. The molecule has 0 fully saturated rings. The summed E-state index contributed by atoms with van der Waals surface area (Å²) in [5.41, 5.74) is 1.02. The molecule has 3 rings (SSSR count). The number of azo groups is 1. The standard InChI is InChI=1S/C12H17N5O/c1-9(2)16-6-4-5-10-12(16)17-8-15(18-3)7-11(17)14-13-10/h4,6-7,9H,5,8H2,1-3H3. The van der Waals surface area contributed by atoms with Crippen LogP contribution in [0, 0.1) is 0 Å². The highest BCUT2D eigenvalue weighted by molar-refractivity contribution is 5.28. The molecule has 3 aliphatic heterocycles. The fourth-order valence-electron chi connectivity index (χ4n) is 2.31. The number of rotatable bonds is 2. The minimum Gasteiger partial charge on any atom is -0.331 e. The molecule has 0 radical (unpaired) electrons. The maximum absolute atomic E-state index is 5.23. The van der Waals surface area contributed by atoms with Crippen LogP contribution in [-0.2, 0) is 4.84 Å². The Hall–Kier alpha value is -1.82. The fourth-order valence-corrected chi connectivity index (χ4v) is 2.31. The van der Waals surface area contributed by atoms with E-state index in [9.17, 15) is 0 Å². The highest BCUT2D eigenvalue weighted by Gasteiger charge is 2.34. The van der Waals surface area contributed by atoms with Crippen molar-refractivity contribution in [1.82, 2.24) is 14.9 Å². The zero-order chi connectivity index (χ0) is 12.7. The normalized spacial score (nSPS) is 21.8. The smallest absolute Gasteiger partial charge is 0.176 e. The van der Waals surface area contributed by atoms with Crippen molar-refractivity contribution in [3.63, 3.8) is 0 Å². The zero-order valence-corrected chi connectivity index (χ0v) is 10.9. The first kappa shape index (κ1) is 11.3. The summed E-state index contributed by atoms with van der Waals surface area (Å²) in [4.78, 5) is 9.59. The molecular weight excluding hydrogens is 230 g/mol. The van der Waals surface area contributed by atoms with Gasteiger partial charge < -0.3 is 4.90 Å². The van der Waals surface area contributed by atoms with Crippen molar-refractivity contribution in [3.8, 4) is 0 Å². The monoisotopic (exact) mass is 247 g/mol. The average Bonchev–Trinajstić information content (AvgIpc) is 2.81. The van der Waals surface area contributed by atoms with Crippen LogP contribution in [0.5, 0.6) is 0 Å². The Bertz CT molecular complexity index is 477. The van der Waals surface area contributed by atoms with Crippen LogP contribution in [-0.4, -0.2) is 34.7 Å². The van der Waals surface area contributed by atoms with Crippen LogP contribution in [0.25, 0.3) is 0 Å². The molecule has 0 bridgehead atoms. The van der Waals surface area contributed by atoms with E-state index in [1.54, 1.807) is 12.2 Å². The molecule has 0 saturated carbocycles. The van der Waals surface area contributed by atoms with Gasteiger partial charge in [-0.05, 0) is 13.8 Å². The van der Waals surface area contributed by atoms with Crippen molar-refractivity contribution < 1.29 is 4.84 Å². The van der Waals surface area contributed by atoms with Gasteiger partial charge in [0.15, 0.2) is 5.82 Å². The van der Waals surface area contributed by atoms with Crippen molar-refractivity contribution in [2.75, 3.05) is 13.8 Å². The minimum atomic E-state index is 0.387.